The van der Waals surface area contributed by atoms with Crippen molar-refractivity contribution in [1.29, 1.82) is 0 Å². The van der Waals surface area contributed by atoms with E-state index in [9.17, 15) is 9.18 Å². The zero-order chi connectivity index (χ0) is 24.1. The van der Waals surface area contributed by atoms with E-state index < -0.39 is 6.03 Å². The fourth-order valence-electron chi connectivity index (χ4n) is 5.43. The molecule has 0 unspecified atom stereocenters. The van der Waals surface area contributed by atoms with Crippen LogP contribution in [0.3, 0.4) is 0 Å². The molecule has 2 aromatic carbocycles. The van der Waals surface area contributed by atoms with Gasteiger partial charge in [0.1, 0.15) is 17.7 Å². The largest absolute Gasteiger partial charge is 0.489 e. The number of piperidine rings is 1. The maximum Gasteiger partial charge on any atom is 0.316 e. The van der Waals surface area contributed by atoms with Crippen molar-refractivity contribution in [3.63, 3.8) is 0 Å². The third-order valence-corrected chi connectivity index (χ3v) is 7.70. The molecule has 0 atom stereocenters. The maximum atomic E-state index is 13.2. The minimum absolute atomic E-state index is 0.137. The van der Waals surface area contributed by atoms with Crippen molar-refractivity contribution in [2.24, 2.45) is 11.7 Å². The van der Waals surface area contributed by atoms with Gasteiger partial charge in [-0.3, -0.25) is 0 Å². The molecule has 0 spiro atoms. The van der Waals surface area contributed by atoms with Gasteiger partial charge in [-0.15, -0.1) is 0 Å². The molecule has 4 rings (SSSR count). The van der Waals surface area contributed by atoms with Gasteiger partial charge in [0.05, 0.1) is 5.02 Å². The smallest absolute Gasteiger partial charge is 0.316 e. The number of halogens is 2. The van der Waals surface area contributed by atoms with Gasteiger partial charge >= 0.3 is 6.03 Å². The molecule has 0 aromatic heterocycles. The minimum Gasteiger partial charge on any atom is -0.489 e. The first-order valence-electron chi connectivity index (χ1n) is 12.4. The second-order valence-electron chi connectivity index (χ2n) is 9.80. The Morgan fingerprint density at radius 2 is 1.85 bits per heavy atom. The van der Waals surface area contributed by atoms with E-state index in [0.717, 1.165) is 44.1 Å². The molecule has 7 heteroatoms. The monoisotopic (exact) mass is 487 g/mol. The van der Waals surface area contributed by atoms with Crippen molar-refractivity contribution >= 4 is 23.3 Å². The van der Waals surface area contributed by atoms with Crippen LogP contribution in [0.5, 0.6) is 5.75 Å². The molecule has 0 radical (unpaired) electrons. The molecule has 1 aliphatic carbocycles. The number of carbonyl (C=O) groups is 1. The number of primary amides is 1. The third-order valence-electron chi connectivity index (χ3n) is 7.41. The normalized spacial score (nSPS) is 21.9. The molecular weight excluding hydrogens is 453 g/mol. The highest BCUT2D eigenvalue weighted by Gasteiger charge is 2.26. The summed E-state index contributed by atoms with van der Waals surface area (Å²) in [4.78, 5) is 13.7. The van der Waals surface area contributed by atoms with E-state index in [-0.39, 0.29) is 11.9 Å². The van der Waals surface area contributed by atoms with Crippen molar-refractivity contribution in [2.75, 3.05) is 25.0 Å². The van der Waals surface area contributed by atoms with Gasteiger partial charge in [-0.2, -0.15) is 0 Å². The lowest BCUT2D eigenvalue weighted by atomic mass is 9.76. The summed E-state index contributed by atoms with van der Waals surface area (Å²) in [7, 11) is 0. The van der Waals surface area contributed by atoms with Gasteiger partial charge in [0.15, 0.2) is 0 Å². The van der Waals surface area contributed by atoms with Gasteiger partial charge < -0.3 is 20.7 Å². The van der Waals surface area contributed by atoms with Crippen molar-refractivity contribution in [3.05, 3.63) is 58.4 Å². The fraction of sp³-hybridized carbons (Fsp3) is 0.519. The molecule has 5 nitrogen and oxygen atoms in total. The van der Waals surface area contributed by atoms with Gasteiger partial charge in [0.25, 0.3) is 0 Å². The maximum absolute atomic E-state index is 13.2. The number of anilines is 1. The van der Waals surface area contributed by atoms with Crippen LogP contribution in [0, 0.1) is 18.7 Å². The molecule has 2 amide bonds. The SMILES string of the molecule is Cc1ccc(NC(N)=O)cc1C1CCC(CCN2CCC(Oc3ccc(F)cc3Cl)CC2)CC1. The molecule has 1 saturated carbocycles. The number of aryl methyl sites for hydroxylation is 1. The Hall–Kier alpha value is -2.31. The summed E-state index contributed by atoms with van der Waals surface area (Å²) in [5.41, 5.74) is 8.68. The fourth-order valence-corrected chi connectivity index (χ4v) is 5.64. The van der Waals surface area contributed by atoms with E-state index >= 15 is 0 Å². The Morgan fingerprint density at radius 1 is 1.12 bits per heavy atom. The average Bonchev–Trinajstić information content (AvgIpc) is 2.82. The van der Waals surface area contributed by atoms with Crippen molar-refractivity contribution < 1.29 is 13.9 Å². The Labute approximate surface area is 206 Å². The van der Waals surface area contributed by atoms with Crippen LogP contribution in [0.1, 0.15) is 62.0 Å². The van der Waals surface area contributed by atoms with Crippen LogP contribution in [-0.4, -0.2) is 36.7 Å². The van der Waals surface area contributed by atoms with Gasteiger partial charge in [-0.25, -0.2) is 9.18 Å². The second kappa shape index (κ2) is 11.4. The average molecular weight is 488 g/mol. The van der Waals surface area contributed by atoms with Crippen LogP contribution in [0.25, 0.3) is 0 Å². The van der Waals surface area contributed by atoms with Crippen molar-refractivity contribution in [1.82, 2.24) is 4.90 Å². The summed E-state index contributed by atoms with van der Waals surface area (Å²) in [5, 5.41) is 3.04. The van der Waals surface area contributed by atoms with E-state index in [1.807, 2.05) is 6.07 Å². The molecule has 1 saturated heterocycles. The Kier molecular flexibility index (Phi) is 8.32. The summed E-state index contributed by atoms with van der Waals surface area (Å²) in [6.45, 7) is 5.33. The zero-order valence-electron chi connectivity index (χ0n) is 19.9. The number of rotatable bonds is 7. The molecular formula is C27H35ClFN3O2. The predicted octanol–water partition coefficient (Wildman–Crippen LogP) is 6.49. The summed E-state index contributed by atoms with van der Waals surface area (Å²) in [6.07, 6.45) is 8.20. The zero-order valence-corrected chi connectivity index (χ0v) is 20.6. The summed E-state index contributed by atoms with van der Waals surface area (Å²) >= 11 is 6.10. The van der Waals surface area contributed by atoms with Crippen LogP contribution < -0.4 is 15.8 Å². The molecule has 34 heavy (non-hydrogen) atoms. The molecule has 2 aliphatic rings. The number of benzene rings is 2. The van der Waals surface area contributed by atoms with Crippen molar-refractivity contribution in [3.8, 4) is 5.75 Å². The van der Waals surface area contributed by atoms with Gasteiger partial charge in [-0.1, -0.05) is 17.7 Å². The van der Waals surface area contributed by atoms with Crippen LogP contribution in [-0.2, 0) is 0 Å². The van der Waals surface area contributed by atoms with E-state index in [4.69, 9.17) is 22.1 Å². The van der Waals surface area contributed by atoms with Gasteiger partial charge in [0.2, 0.25) is 0 Å². The number of amides is 2. The number of nitrogens with zero attached hydrogens (tertiary/aromatic N) is 1. The number of nitrogens with one attached hydrogen (secondary N) is 1. The number of ether oxygens (including phenoxy) is 1. The molecule has 2 aromatic rings. The highest BCUT2D eigenvalue weighted by molar-refractivity contribution is 6.32. The van der Waals surface area contributed by atoms with Crippen LogP contribution in [0.4, 0.5) is 14.9 Å². The Morgan fingerprint density at radius 3 is 2.53 bits per heavy atom. The lowest BCUT2D eigenvalue weighted by molar-refractivity contribution is 0.0952. The first kappa shape index (κ1) is 24.8. The molecule has 3 N–H and O–H groups in total. The summed E-state index contributed by atoms with van der Waals surface area (Å²) in [6, 6.07) is 9.87. The van der Waals surface area contributed by atoms with E-state index in [2.05, 4.69) is 29.3 Å². The molecule has 184 valence electrons. The van der Waals surface area contributed by atoms with Gasteiger partial charge in [-0.05, 0) is 112 Å². The second-order valence-corrected chi connectivity index (χ2v) is 10.2. The molecule has 2 fully saturated rings. The third kappa shape index (κ3) is 6.63. The number of likely N-dealkylation sites (tertiary alicyclic amines) is 1. The first-order valence-corrected chi connectivity index (χ1v) is 12.8. The van der Waals surface area contributed by atoms with Gasteiger partial charge in [0, 0.05) is 18.8 Å². The van der Waals surface area contributed by atoms with Crippen LogP contribution >= 0.6 is 11.6 Å². The Balaban J connectivity index is 1.18. The number of hydrogen-bond donors (Lipinski definition) is 2. The first-order chi connectivity index (χ1) is 16.4. The predicted molar refractivity (Wildman–Crippen MR) is 135 cm³/mol. The van der Waals surface area contributed by atoms with E-state index in [0.29, 0.717) is 16.7 Å². The highest BCUT2D eigenvalue weighted by atomic mass is 35.5. The standard InChI is InChI=1S/C27H35ClFN3O2/c1-18-2-8-22(31-27(30)33)17-24(18)20-5-3-19(4-6-20)10-13-32-14-11-23(12-15-32)34-26-9-7-21(29)16-25(26)28/h2,7-9,16-17,19-20,23H,3-6,10-15H2,1H3,(H3,30,31,33). The Bertz CT molecular complexity index is 986. The quantitative estimate of drug-likeness (QED) is 0.469. The number of hydrogen-bond acceptors (Lipinski definition) is 3. The number of nitrogens with two attached hydrogens (primary N) is 1. The topological polar surface area (TPSA) is 67.6 Å². The lowest BCUT2D eigenvalue weighted by Crippen LogP contribution is -2.39. The highest BCUT2D eigenvalue weighted by Crippen LogP contribution is 2.39. The summed E-state index contributed by atoms with van der Waals surface area (Å²) in [5.74, 6) is 1.56. The molecule has 1 aliphatic heterocycles. The minimum atomic E-state index is -0.520. The van der Waals surface area contributed by atoms with Crippen LogP contribution in [0.15, 0.2) is 36.4 Å². The lowest BCUT2D eigenvalue weighted by Gasteiger charge is -2.34. The van der Waals surface area contributed by atoms with Crippen molar-refractivity contribution in [2.45, 2.75) is 63.9 Å². The van der Waals surface area contributed by atoms with E-state index in [1.54, 1.807) is 6.07 Å². The summed E-state index contributed by atoms with van der Waals surface area (Å²) < 4.78 is 19.3. The molecule has 0 bridgehead atoms. The van der Waals surface area contributed by atoms with E-state index in [1.165, 1.54) is 55.4 Å². The molecule has 1 heterocycles. The number of urea groups is 1. The number of carbonyl (C=O) groups excluding carboxylic acids is 1. The van der Waals surface area contributed by atoms with Crippen LogP contribution in [0.2, 0.25) is 5.02 Å².